The first-order chi connectivity index (χ1) is 15.6. The highest BCUT2D eigenvalue weighted by molar-refractivity contribution is 5.94. The average Bonchev–Trinajstić information content (AvgIpc) is 3.38. The van der Waals surface area contributed by atoms with Crippen molar-refractivity contribution in [2.24, 2.45) is 0 Å². The van der Waals surface area contributed by atoms with Crippen molar-refractivity contribution in [3.8, 4) is 28.6 Å². The minimum absolute atomic E-state index is 0.0281. The molecule has 9 heteroatoms. The number of nitrogens with zero attached hydrogens (tertiary/aromatic N) is 3. The van der Waals surface area contributed by atoms with E-state index >= 15 is 0 Å². The van der Waals surface area contributed by atoms with Gasteiger partial charge in [0.2, 0.25) is 5.82 Å². The number of carbonyl (C=O) groups is 1. The van der Waals surface area contributed by atoms with Crippen LogP contribution in [0.15, 0.2) is 53.2 Å². The maximum atomic E-state index is 13.6. The van der Waals surface area contributed by atoms with Gasteiger partial charge in [0.05, 0.1) is 11.7 Å². The van der Waals surface area contributed by atoms with Gasteiger partial charge in [-0.15, -0.1) is 0 Å². The molecule has 0 saturated heterocycles. The van der Waals surface area contributed by atoms with Crippen LogP contribution in [0.2, 0.25) is 0 Å². The van der Waals surface area contributed by atoms with E-state index in [2.05, 4.69) is 10.1 Å². The van der Waals surface area contributed by atoms with Gasteiger partial charge in [-0.05, 0) is 51.1 Å². The summed E-state index contributed by atoms with van der Waals surface area (Å²) in [6.07, 6.45) is -2.72. The van der Waals surface area contributed by atoms with Gasteiger partial charge < -0.3 is 13.8 Å². The van der Waals surface area contributed by atoms with E-state index in [0.29, 0.717) is 18.5 Å². The van der Waals surface area contributed by atoms with Crippen molar-refractivity contribution in [3.05, 3.63) is 54.2 Å². The maximum absolute atomic E-state index is 13.6. The molecule has 0 atom stereocenters. The number of aryl methyl sites for hydroxylation is 1. The van der Waals surface area contributed by atoms with Crippen molar-refractivity contribution >= 4 is 16.7 Å². The average molecular weight is 457 g/mol. The lowest BCUT2D eigenvalue weighted by Crippen LogP contribution is -2.13. The zero-order valence-electron chi connectivity index (χ0n) is 18.3. The summed E-state index contributed by atoms with van der Waals surface area (Å²) >= 11 is 0. The molecule has 0 saturated carbocycles. The molecular formula is C24H22F3N3O3. The van der Waals surface area contributed by atoms with Crippen LogP contribution in [0.4, 0.5) is 13.2 Å². The first kappa shape index (κ1) is 22.6. The number of ketones is 1. The second kappa shape index (κ2) is 8.73. The van der Waals surface area contributed by atoms with Crippen molar-refractivity contribution in [3.63, 3.8) is 0 Å². The van der Waals surface area contributed by atoms with Crippen LogP contribution >= 0.6 is 0 Å². The topological polar surface area (TPSA) is 70.2 Å². The van der Waals surface area contributed by atoms with Gasteiger partial charge in [0.25, 0.3) is 5.89 Å². The number of ether oxygens (including phenoxy) is 1. The molecule has 6 nitrogen and oxygen atoms in total. The molecule has 2 aromatic carbocycles. The molecule has 0 fully saturated rings. The Morgan fingerprint density at radius 3 is 2.67 bits per heavy atom. The second-order valence-corrected chi connectivity index (χ2v) is 8.00. The number of carbonyl (C=O) groups excluding carboxylic acids is 1. The Morgan fingerprint density at radius 2 is 1.97 bits per heavy atom. The molecule has 0 radical (unpaired) electrons. The molecule has 172 valence electrons. The molecule has 0 spiro atoms. The highest BCUT2D eigenvalue weighted by atomic mass is 19.4. The Labute approximate surface area is 188 Å². The molecule has 0 aliphatic heterocycles. The molecular weight excluding hydrogens is 435 g/mol. The van der Waals surface area contributed by atoms with Crippen LogP contribution in [0.1, 0.15) is 32.8 Å². The molecule has 0 bridgehead atoms. The van der Waals surface area contributed by atoms with Gasteiger partial charge in [-0.25, -0.2) is 0 Å². The second-order valence-electron chi connectivity index (χ2n) is 8.00. The van der Waals surface area contributed by atoms with E-state index in [1.807, 2.05) is 35.0 Å². The largest absolute Gasteiger partial charge is 0.490 e. The third kappa shape index (κ3) is 4.76. The summed E-state index contributed by atoms with van der Waals surface area (Å²) in [5, 5.41) is 4.85. The van der Waals surface area contributed by atoms with E-state index < -0.39 is 17.8 Å². The first-order valence-electron chi connectivity index (χ1n) is 10.4. The number of hydrogen-bond donors (Lipinski definition) is 0. The number of halogens is 3. The van der Waals surface area contributed by atoms with E-state index in [1.165, 1.54) is 12.1 Å². The highest BCUT2D eigenvalue weighted by Gasteiger charge is 2.35. The fourth-order valence-electron chi connectivity index (χ4n) is 3.58. The fourth-order valence-corrected chi connectivity index (χ4v) is 3.58. The standard InChI is InChI=1S/C24H22F3N3O3/c1-14(2)32-21-8-7-16(13-19(21)24(25,26)27)23-28-22(29-33-23)18-5-4-6-20-17(18)10-12-30(20)11-9-15(3)31/h4-8,10,12-14H,9,11H2,1-3H3. The molecule has 0 unspecified atom stereocenters. The van der Waals surface area contributed by atoms with E-state index in [0.717, 1.165) is 17.0 Å². The van der Waals surface area contributed by atoms with Gasteiger partial charge in [0.1, 0.15) is 11.5 Å². The molecule has 0 aliphatic carbocycles. The monoisotopic (exact) mass is 457 g/mol. The number of Topliss-reactive ketones (excluding diaryl/α,β-unsaturated/α-hetero) is 1. The quantitative estimate of drug-likeness (QED) is 0.333. The van der Waals surface area contributed by atoms with E-state index in [-0.39, 0.29) is 28.8 Å². The van der Waals surface area contributed by atoms with Crippen LogP contribution in [0.5, 0.6) is 5.75 Å². The Balaban J connectivity index is 1.70. The summed E-state index contributed by atoms with van der Waals surface area (Å²) in [6.45, 7) is 5.41. The van der Waals surface area contributed by atoms with Crippen LogP contribution in [0.3, 0.4) is 0 Å². The van der Waals surface area contributed by atoms with Crippen LogP contribution in [0.25, 0.3) is 33.7 Å². The lowest BCUT2D eigenvalue weighted by Gasteiger charge is -2.16. The zero-order chi connectivity index (χ0) is 23.8. The van der Waals surface area contributed by atoms with Crippen LogP contribution in [-0.2, 0) is 17.5 Å². The Morgan fingerprint density at radius 1 is 1.18 bits per heavy atom. The number of hydrogen-bond acceptors (Lipinski definition) is 5. The number of benzene rings is 2. The summed E-state index contributed by atoms with van der Waals surface area (Å²) in [4.78, 5) is 15.7. The molecule has 33 heavy (non-hydrogen) atoms. The summed E-state index contributed by atoms with van der Waals surface area (Å²) < 4.78 is 53.3. The van der Waals surface area contributed by atoms with E-state index in [1.54, 1.807) is 20.8 Å². The number of fused-ring (bicyclic) bond motifs is 1. The minimum atomic E-state index is -4.60. The van der Waals surface area contributed by atoms with Gasteiger partial charge >= 0.3 is 6.18 Å². The van der Waals surface area contributed by atoms with Gasteiger partial charge in [0, 0.05) is 41.2 Å². The molecule has 2 aromatic heterocycles. The summed E-state index contributed by atoms with van der Waals surface area (Å²) in [6, 6.07) is 11.1. The van der Waals surface area contributed by atoms with Crippen molar-refractivity contribution in [2.45, 2.75) is 46.0 Å². The highest BCUT2D eigenvalue weighted by Crippen LogP contribution is 2.39. The van der Waals surface area contributed by atoms with Gasteiger partial charge in [0.15, 0.2) is 0 Å². The number of alkyl halides is 3. The predicted molar refractivity (Wildman–Crippen MR) is 117 cm³/mol. The van der Waals surface area contributed by atoms with Crippen molar-refractivity contribution < 1.29 is 27.2 Å². The third-order valence-electron chi connectivity index (χ3n) is 5.08. The van der Waals surface area contributed by atoms with Gasteiger partial charge in [-0.1, -0.05) is 17.3 Å². The van der Waals surface area contributed by atoms with Crippen LogP contribution in [0, 0.1) is 0 Å². The van der Waals surface area contributed by atoms with Gasteiger partial charge in [-0.3, -0.25) is 4.79 Å². The molecule has 4 aromatic rings. The first-order valence-corrected chi connectivity index (χ1v) is 10.4. The number of aromatic nitrogens is 3. The zero-order valence-corrected chi connectivity index (χ0v) is 18.3. The fraction of sp³-hybridized carbons (Fsp3) is 0.292. The van der Waals surface area contributed by atoms with Crippen LogP contribution in [-0.4, -0.2) is 26.6 Å². The van der Waals surface area contributed by atoms with E-state index in [9.17, 15) is 18.0 Å². The van der Waals surface area contributed by atoms with Crippen molar-refractivity contribution in [2.75, 3.05) is 0 Å². The lowest BCUT2D eigenvalue weighted by atomic mass is 10.1. The molecule has 0 N–H and O–H groups in total. The van der Waals surface area contributed by atoms with Crippen molar-refractivity contribution in [1.29, 1.82) is 0 Å². The number of rotatable bonds is 7. The third-order valence-corrected chi connectivity index (χ3v) is 5.08. The Hall–Kier alpha value is -3.62. The maximum Gasteiger partial charge on any atom is 0.419 e. The normalized spacial score (nSPS) is 12.0. The molecule has 0 aliphatic rings. The summed E-state index contributed by atoms with van der Waals surface area (Å²) in [7, 11) is 0. The molecule has 2 heterocycles. The predicted octanol–water partition coefficient (Wildman–Crippen LogP) is 6.14. The summed E-state index contributed by atoms with van der Waals surface area (Å²) in [5.41, 5.74) is 0.816. The smallest absolute Gasteiger partial charge is 0.419 e. The molecule has 4 rings (SSSR count). The van der Waals surface area contributed by atoms with Crippen molar-refractivity contribution in [1.82, 2.24) is 14.7 Å². The Bertz CT molecular complexity index is 1310. The summed E-state index contributed by atoms with van der Waals surface area (Å²) in [5.74, 6) is 0.0760. The Kier molecular flexibility index (Phi) is 5.97. The lowest BCUT2D eigenvalue weighted by molar-refractivity contribution is -0.139. The van der Waals surface area contributed by atoms with Crippen LogP contribution < -0.4 is 4.74 Å². The van der Waals surface area contributed by atoms with Gasteiger partial charge in [-0.2, -0.15) is 18.2 Å². The molecule has 0 amide bonds. The van der Waals surface area contributed by atoms with E-state index in [4.69, 9.17) is 9.26 Å². The minimum Gasteiger partial charge on any atom is -0.490 e. The SMILES string of the molecule is CC(=O)CCn1ccc2c(-c3noc(-c4ccc(OC(C)C)c(C(F)(F)F)c4)n3)cccc21.